The van der Waals surface area contributed by atoms with Crippen molar-refractivity contribution in [3.63, 3.8) is 0 Å². The van der Waals surface area contributed by atoms with Gasteiger partial charge in [-0.3, -0.25) is 0 Å². The van der Waals surface area contributed by atoms with Crippen LogP contribution < -0.4 is 0 Å². The minimum atomic E-state index is -2.01. The molecule has 0 amide bonds. The first-order valence-electron chi connectivity index (χ1n) is 18.5. The highest BCUT2D eigenvalue weighted by molar-refractivity contribution is 6.33. The molecule has 70 heavy (non-hydrogen) atoms. The Morgan fingerprint density at radius 2 is 0.214 bits per heavy atom. The van der Waals surface area contributed by atoms with E-state index in [1.165, 1.54) is 0 Å². The maximum Gasteiger partial charge on any atom is 0.208 e. The molecule has 0 fully saturated rings. The monoisotopic (exact) mass is 980 g/mol. The van der Waals surface area contributed by atoms with Crippen LogP contribution in [-0.4, -0.2) is 143 Å². The molecule has 28 nitrogen and oxygen atoms in total. The highest BCUT2D eigenvalue weighted by Gasteiger charge is 2.42. The molecule has 8 aromatic carbocycles. The molecule has 28 N–H and O–H groups in total. The molecule has 0 aromatic heterocycles. The van der Waals surface area contributed by atoms with Crippen molar-refractivity contribution in [2.75, 3.05) is 0 Å². The van der Waals surface area contributed by atoms with Gasteiger partial charge in [-0.1, -0.05) is 0 Å². The molecular weight excluding hydrogens is 952 g/mol. The van der Waals surface area contributed by atoms with Gasteiger partial charge in [0.1, 0.15) is 17.2 Å². The van der Waals surface area contributed by atoms with Crippen molar-refractivity contribution in [3.8, 4) is 205 Å². The third-order valence-electron chi connectivity index (χ3n) is 11.5. The summed E-state index contributed by atoms with van der Waals surface area (Å²) in [4.78, 5) is 0. The van der Waals surface area contributed by atoms with Crippen LogP contribution >= 0.6 is 0 Å². The van der Waals surface area contributed by atoms with Crippen molar-refractivity contribution in [2.45, 2.75) is 0 Å². The minimum Gasteiger partial charge on any atom is -0.506 e. The Bertz CT molecular complexity index is 3560. The average Bonchev–Trinajstić information content (AvgIpc) is 3.32. The van der Waals surface area contributed by atoms with E-state index < -0.39 is 238 Å². The molecule has 8 rings (SSSR count). The fraction of sp³-hybridized carbons (Fsp3) is 0. The number of hydrogen-bond acceptors (Lipinski definition) is 28. The molecule has 0 aliphatic heterocycles. The Labute approximate surface area is 380 Å². The molecule has 0 saturated heterocycles. The minimum absolute atomic E-state index is 1.36. The number of rotatable bonds is 4. The molecule has 28 heteroatoms. The van der Waals surface area contributed by atoms with Crippen LogP contribution in [0.3, 0.4) is 0 Å². The molecule has 0 spiro atoms. The van der Waals surface area contributed by atoms with Gasteiger partial charge in [-0.25, -0.2) is 0 Å². The Morgan fingerprint density at radius 3 is 0.471 bits per heavy atom. The van der Waals surface area contributed by atoms with Crippen molar-refractivity contribution in [2.24, 2.45) is 0 Å². The summed E-state index contributed by atoms with van der Waals surface area (Å²) in [5.74, 6) is -50.9. The summed E-state index contributed by atoms with van der Waals surface area (Å²) >= 11 is 0. The van der Waals surface area contributed by atoms with Gasteiger partial charge < -0.3 is 143 Å². The fourth-order valence-electron chi connectivity index (χ4n) is 8.27. The van der Waals surface area contributed by atoms with E-state index in [-0.39, 0.29) is 0 Å². The zero-order valence-electron chi connectivity index (χ0n) is 33.5. The van der Waals surface area contributed by atoms with E-state index in [0.717, 1.165) is 0 Å². The Kier molecular flexibility index (Phi) is 9.24. The quantitative estimate of drug-likeness (QED) is 0.0680. The highest BCUT2D eigenvalue weighted by atomic mass is 16.4. The predicted molar refractivity (Wildman–Crippen MR) is 227 cm³/mol. The molecule has 0 bridgehead atoms. The van der Waals surface area contributed by atoms with Gasteiger partial charge in [0.2, 0.25) is 74.7 Å². The van der Waals surface area contributed by atoms with Gasteiger partial charge in [-0.15, -0.1) is 0 Å². The first kappa shape index (κ1) is 45.5. The zero-order valence-corrected chi connectivity index (χ0v) is 33.5. The molecule has 0 atom stereocenters. The lowest BCUT2D eigenvalue weighted by molar-refractivity contribution is 0.329. The summed E-state index contributed by atoms with van der Waals surface area (Å²) in [5.41, 5.74) is -13.2. The summed E-state index contributed by atoms with van der Waals surface area (Å²) in [7, 11) is 0. The number of phenolic OH excluding ortho intramolecular Hbond substituents is 28. The topological polar surface area (TPSA) is 566 Å². The van der Waals surface area contributed by atoms with Gasteiger partial charge in [0.25, 0.3) is 0 Å². The van der Waals surface area contributed by atoms with Crippen LogP contribution in [0.25, 0.3) is 76.8 Å². The lowest BCUT2D eigenvalue weighted by atomic mass is 9.79. The first-order chi connectivity index (χ1) is 32.5. The predicted octanol–water partition coefficient (Wildman–Crippen LogP) is 3.57. The number of aromatic hydroxyl groups is 28. The van der Waals surface area contributed by atoms with Crippen molar-refractivity contribution in [1.29, 1.82) is 0 Å². The first-order valence-corrected chi connectivity index (χ1v) is 18.5. The van der Waals surface area contributed by atoms with Gasteiger partial charge in [-0.2, -0.15) is 0 Å². The Balaban J connectivity index is 1.83. The number of phenols is 28. The van der Waals surface area contributed by atoms with Gasteiger partial charge >= 0.3 is 0 Å². The molecule has 0 saturated carbocycles. The van der Waals surface area contributed by atoms with Crippen LogP contribution in [0.4, 0.5) is 0 Å². The third-order valence-corrected chi connectivity index (χ3v) is 11.5. The lowest BCUT2D eigenvalue weighted by Crippen LogP contribution is -1.98. The van der Waals surface area contributed by atoms with Crippen molar-refractivity contribution in [1.82, 2.24) is 0 Å². The van der Waals surface area contributed by atoms with E-state index in [1.54, 1.807) is 0 Å². The van der Waals surface area contributed by atoms with Crippen LogP contribution in [0, 0.1) is 0 Å². The largest absolute Gasteiger partial charge is 0.506 e. The van der Waals surface area contributed by atoms with Gasteiger partial charge in [0, 0.05) is 43.6 Å². The van der Waals surface area contributed by atoms with E-state index in [2.05, 4.69) is 0 Å². The number of benzene rings is 8. The van der Waals surface area contributed by atoms with Gasteiger partial charge in [0.15, 0.2) is 69.0 Å². The Morgan fingerprint density at radius 1 is 0.0857 bits per heavy atom. The summed E-state index contributed by atoms with van der Waals surface area (Å²) < 4.78 is 0. The molecule has 8 aromatic rings. The lowest BCUT2D eigenvalue weighted by Gasteiger charge is -2.26. The highest BCUT2D eigenvalue weighted by Crippen LogP contribution is 2.71. The second-order valence-corrected chi connectivity index (χ2v) is 15.0. The van der Waals surface area contributed by atoms with Crippen LogP contribution in [-0.2, 0) is 0 Å². The summed E-state index contributed by atoms with van der Waals surface area (Å²) in [5, 5.41) is 302. The molecule has 0 unspecified atom stereocenters. The third kappa shape index (κ3) is 5.21. The van der Waals surface area contributed by atoms with E-state index >= 15 is 0 Å². The average molecular weight is 981 g/mol. The molecule has 0 aliphatic rings. The van der Waals surface area contributed by atoms with Crippen molar-refractivity contribution in [3.05, 3.63) is 0 Å². The van der Waals surface area contributed by atoms with Crippen molar-refractivity contribution < 1.29 is 143 Å². The number of hydrogen-bond donors (Lipinski definition) is 28. The van der Waals surface area contributed by atoms with E-state index in [9.17, 15) is 143 Å². The normalized spacial score (nSPS) is 11.6. The second kappa shape index (κ2) is 14.2. The van der Waals surface area contributed by atoms with Crippen LogP contribution in [0.15, 0.2) is 0 Å². The zero-order chi connectivity index (χ0) is 52.2. The maximum atomic E-state index is 12.3. The summed E-state index contributed by atoms with van der Waals surface area (Å²) in [6, 6.07) is 0. The molecule has 0 heterocycles. The van der Waals surface area contributed by atoms with Crippen LogP contribution in [0.2, 0.25) is 0 Å². The van der Waals surface area contributed by atoms with Crippen molar-refractivity contribution >= 4 is 32.3 Å². The molecule has 0 radical (unpaired) electrons. The molecular formula is C42H28O28. The maximum absolute atomic E-state index is 12.3. The van der Waals surface area contributed by atoms with E-state index in [4.69, 9.17) is 0 Å². The smallest absolute Gasteiger partial charge is 0.208 e. The van der Waals surface area contributed by atoms with Gasteiger partial charge in [-0.05, 0) is 0 Å². The molecule has 0 aliphatic carbocycles. The standard InChI is InChI=1S/C42H28O28/c43-15-9(16(44)12(14-28(56)39(67)42(70)40(68)29(14)57)17(45)11(15)13-26(54)37(65)41(69)38(66)27(13)55)2-6-3(19(47)31(59)33(61)21(6)49)1(4-7(2)22(50)34(62)32(60)20(4)48)5-8-10(24(52)30(58)18(5)46)25(53)36(64)35(63)23(8)51/h43-70H. The van der Waals surface area contributed by atoms with Crippen LogP contribution in [0.1, 0.15) is 0 Å². The van der Waals surface area contributed by atoms with E-state index in [0.29, 0.717) is 0 Å². The van der Waals surface area contributed by atoms with Gasteiger partial charge in [0.05, 0.1) is 33.2 Å². The number of fused-ring (bicyclic) bond motifs is 3. The van der Waals surface area contributed by atoms with Crippen LogP contribution in [0.5, 0.6) is 161 Å². The summed E-state index contributed by atoms with van der Waals surface area (Å²) in [6.07, 6.45) is 0. The fourth-order valence-corrected chi connectivity index (χ4v) is 8.27. The molecule has 364 valence electrons. The summed E-state index contributed by atoms with van der Waals surface area (Å²) in [6.45, 7) is 0. The van der Waals surface area contributed by atoms with E-state index in [1.807, 2.05) is 0 Å². The Hall–Kier alpha value is -11.1. The second-order valence-electron chi connectivity index (χ2n) is 15.0. The SMILES string of the molecule is Oc1c(O)c(O)c(-c2c(O)c(-c3c(O)c(O)c(O)c(O)c3O)c(O)c(-c3c4c(O)c(O)c(O)c(O)c4c(-c4c(O)c(O)c(O)c5c(O)c(O)c(O)c(O)c45)c4c(O)c(O)c(O)c(O)c34)c2O)c(O)c1O.